The number of ether oxygens (including phenoxy) is 1. The molecule has 0 aliphatic carbocycles. The Bertz CT molecular complexity index is 685. The number of hydrogen-bond acceptors (Lipinski definition) is 2. The number of aromatic nitrogens is 1. The van der Waals surface area contributed by atoms with Crippen LogP contribution in [0.15, 0.2) is 35.5 Å². The monoisotopic (exact) mass is 328 g/mol. The average molecular weight is 328 g/mol. The molecule has 130 valence electrons. The van der Waals surface area contributed by atoms with Crippen LogP contribution in [0.5, 0.6) is 0 Å². The number of nitrogens with zero attached hydrogens (tertiary/aromatic N) is 1. The third-order valence-electron chi connectivity index (χ3n) is 4.58. The number of nitrogens with one attached hydrogen (secondary N) is 3. The molecule has 3 N–H and O–H groups in total. The minimum atomic E-state index is -0.0980. The smallest absolute Gasteiger partial charge is 0.191 e. The highest BCUT2D eigenvalue weighted by molar-refractivity contribution is 5.83. The van der Waals surface area contributed by atoms with Crippen molar-refractivity contribution in [3.63, 3.8) is 0 Å². The summed E-state index contributed by atoms with van der Waals surface area (Å²) in [6, 6.07) is 8.42. The summed E-state index contributed by atoms with van der Waals surface area (Å²) in [5.74, 6) is 0.870. The van der Waals surface area contributed by atoms with Gasteiger partial charge in [-0.1, -0.05) is 18.2 Å². The molecule has 2 heterocycles. The number of benzene rings is 1. The van der Waals surface area contributed by atoms with Crippen LogP contribution in [-0.2, 0) is 11.2 Å². The van der Waals surface area contributed by atoms with Crippen molar-refractivity contribution in [1.29, 1.82) is 0 Å². The summed E-state index contributed by atoms with van der Waals surface area (Å²) in [7, 11) is 0. The second-order valence-corrected chi connectivity index (χ2v) is 6.63. The van der Waals surface area contributed by atoms with Gasteiger partial charge in [0.15, 0.2) is 5.96 Å². The van der Waals surface area contributed by atoms with Crippen LogP contribution in [0.25, 0.3) is 10.9 Å². The Morgan fingerprint density at radius 3 is 3.00 bits per heavy atom. The van der Waals surface area contributed by atoms with E-state index in [4.69, 9.17) is 9.73 Å². The molecule has 1 atom stereocenters. The largest absolute Gasteiger partial charge is 0.373 e. The van der Waals surface area contributed by atoms with E-state index in [1.807, 2.05) is 0 Å². The second-order valence-electron chi connectivity index (χ2n) is 6.63. The lowest BCUT2D eigenvalue weighted by Gasteiger charge is -2.21. The number of aliphatic imine (C=N–C) groups is 1. The molecule has 0 spiro atoms. The molecule has 1 aliphatic rings. The Hall–Kier alpha value is -2.01. The Morgan fingerprint density at radius 2 is 2.21 bits per heavy atom. The summed E-state index contributed by atoms with van der Waals surface area (Å²) in [4.78, 5) is 8.04. The molecule has 5 heteroatoms. The van der Waals surface area contributed by atoms with Crippen LogP contribution >= 0.6 is 0 Å². The average Bonchev–Trinajstić information content (AvgIpc) is 3.20. The maximum atomic E-state index is 5.81. The molecular formula is C19H28N4O. The van der Waals surface area contributed by atoms with Gasteiger partial charge in [0, 0.05) is 36.8 Å². The first-order valence-electron chi connectivity index (χ1n) is 8.91. The predicted octanol–water partition coefficient (Wildman–Crippen LogP) is 2.83. The van der Waals surface area contributed by atoms with E-state index in [-0.39, 0.29) is 5.60 Å². The molecule has 3 rings (SSSR count). The maximum absolute atomic E-state index is 5.81. The lowest BCUT2D eigenvalue weighted by atomic mass is 10.0. The van der Waals surface area contributed by atoms with Crippen molar-refractivity contribution in [1.82, 2.24) is 15.6 Å². The molecule has 1 aromatic heterocycles. The van der Waals surface area contributed by atoms with Crippen LogP contribution in [0.4, 0.5) is 0 Å². The van der Waals surface area contributed by atoms with Crippen molar-refractivity contribution in [2.24, 2.45) is 4.99 Å². The molecule has 1 aromatic carbocycles. The third-order valence-corrected chi connectivity index (χ3v) is 4.58. The van der Waals surface area contributed by atoms with E-state index in [2.05, 4.69) is 59.9 Å². The molecule has 24 heavy (non-hydrogen) atoms. The fourth-order valence-electron chi connectivity index (χ4n) is 3.20. The molecule has 5 nitrogen and oxygen atoms in total. The first-order chi connectivity index (χ1) is 11.7. The Balaban J connectivity index is 1.56. The number of hydrogen-bond donors (Lipinski definition) is 3. The predicted molar refractivity (Wildman–Crippen MR) is 99.6 cm³/mol. The van der Waals surface area contributed by atoms with E-state index < -0.39 is 0 Å². The van der Waals surface area contributed by atoms with Gasteiger partial charge < -0.3 is 20.4 Å². The number of guanidine groups is 1. The normalized spacial score (nSPS) is 21.3. The van der Waals surface area contributed by atoms with Gasteiger partial charge in [-0.2, -0.15) is 0 Å². The number of H-pyrrole nitrogens is 1. The molecular weight excluding hydrogens is 300 g/mol. The summed E-state index contributed by atoms with van der Waals surface area (Å²) >= 11 is 0. The number of rotatable bonds is 6. The van der Waals surface area contributed by atoms with Crippen LogP contribution in [0.2, 0.25) is 0 Å². The fraction of sp³-hybridized carbons (Fsp3) is 0.526. The van der Waals surface area contributed by atoms with Gasteiger partial charge in [0.1, 0.15) is 0 Å². The van der Waals surface area contributed by atoms with E-state index in [1.54, 1.807) is 0 Å². The third kappa shape index (κ3) is 4.09. The number of aromatic amines is 1. The van der Waals surface area contributed by atoms with E-state index in [1.165, 1.54) is 16.5 Å². The van der Waals surface area contributed by atoms with Crippen molar-refractivity contribution in [2.45, 2.75) is 38.7 Å². The molecule has 1 saturated heterocycles. The summed E-state index contributed by atoms with van der Waals surface area (Å²) < 4.78 is 5.81. The van der Waals surface area contributed by atoms with Crippen LogP contribution in [0.3, 0.4) is 0 Å². The highest BCUT2D eigenvalue weighted by Crippen LogP contribution is 2.25. The molecule has 0 saturated carbocycles. The van der Waals surface area contributed by atoms with E-state index in [9.17, 15) is 0 Å². The van der Waals surface area contributed by atoms with Crippen molar-refractivity contribution < 1.29 is 4.74 Å². The zero-order valence-electron chi connectivity index (χ0n) is 14.7. The summed E-state index contributed by atoms with van der Waals surface area (Å²) in [6.45, 7) is 7.51. The summed E-state index contributed by atoms with van der Waals surface area (Å²) in [5.41, 5.74) is 2.43. The molecule has 0 amide bonds. The Kier molecular flexibility index (Phi) is 5.41. The van der Waals surface area contributed by atoms with Gasteiger partial charge >= 0.3 is 0 Å². The summed E-state index contributed by atoms with van der Waals surface area (Å²) in [6.07, 6.45) is 5.29. The van der Waals surface area contributed by atoms with E-state index in [0.717, 1.165) is 44.9 Å². The van der Waals surface area contributed by atoms with Crippen molar-refractivity contribution in [3.8, 4) is 0 Å². The van der Waals surface area contributed by atoms with Crippen molar-refractivity contribution in [2.75, 3.05) is 26.2 Å². The SMILES string of the molecule is CCNC(=NCC1(C)CCCO1)NCCc1c[nH]c2ccccc12. The van der Waals surface area contributed by atoms with Gasteiger partial charge in [0.25, 0.3) is 0 Å². The standard InChI is InChI=1S/C19H28N4O/c1-3-20-18(23-14-19(2)10-6-12-24-19)21-11-9-15-13-22-17-8-5-4-7-16(15)17/h4-5,7-8,13,22H,3,6,9-12,14H2,1-2H3,(H2,20,21,23). The van der Waals surface area contributed by atoms with Gasteiger partial charge in [0.2, 0.25) is 0 Å². The van der Waals surface area contributed by atoms with Crippen LogP contribution in [0, 0.1) is 0 Å². The molecule has 1 unspecified atom stereocenters. The topological polar surface area (TPSA) is 61.4 Å². The molecule has 1 aliphatic heterocycles. The molecule has 0 radical (unpaired) electrons. The Labute approximate surface area is 143 Å². The van der Waals surface area contributed by atoms with Crippen LogP contribution < -0.4 is 10.6 Å². The van der Waals surface area contributed by atoms with Gasteiger partial charge in [-0.05, 0) is 44.7 Å². The molecule has 2 aromatic rings. The molecule has 1 fully saturated rings. The van der Waals surface area contributed by atoms with Crippen LogP contribution in [0.1, 0.15) is 32.3 Å². The van der Waals surface area contributed by atoms with Gasteiger partial charge in [-0.15, -0.1) is 0 Å². The number of para-hydroxylation sites is 1. The van der Waals surface area contributed by atoms with E-state index >= 15 is 0 Å². The lowest BCUT2D eigenvalue weighted by Crippen LogP contribution is -2.40. The van der Waals surface area contributed by atoms with Crippen molar-refractivity contribution in [3.05, 3.63) is 36.0 Å². The highest BCUT2D eigenvalue weighted by atomic mass is 16.5. The first kappa shape index (κ1) is 16.8. The van der Waals surface area contributed by atoms with Gasteiger partial charge in [0.05, 0.1) is 12.1 Å². The summed E-state index contributed by atoms with van der Waals surface area (Å²) in [5, 5.41) is 8.05. The van der Waals surface area contributed by atoms with Crippen LogP contribution in [-0.4, -0.2) is 42.8 Å². The maximum Gasteiger partial charge on any atom is 0.191 e. The van der Waals surface area contributed by atoms with E-state index in [0.29, 0.717) is 6.54 Å². The Morgan fingerprint density at radius 1 is 1.33 bits per heavy atom. The first-order valence-corrected chi connectivity index (χ1v) is 8.91. The van der Waals surface area contributed by atoms with Gasteiger partial charge in [-0.25, -0.2) is 0 Å². The minimum Gasteiger partial charge on any atom is -0.373 e. The zero-order chi connectivity index (χ0) is 16.8. The lowest BCUT2D eigenvalue weighted by molar-refractivity contribution is 0.0283. The fourth-order valence-corrected chi connectivity index (χ4v) is 3.20. The highest BCUT2D eigenvalue weighted by Gasteiger charge is 2.29. The number of fused-ring (bicyclic) bond motifs is 1. The van der Waals surface area contributed by atoms with Crippen molar-refractivity contribution >= 4 is 16.9 Å². The van der Waals surface area contributed by atoms with Gasteiger partial charge in [-0.3, -0.25) is 4.99 Å². The molecule has 0 bridgehead atoms. The zero-order valence-corrected chi connectivity index (χ0v) is 14.7. The second kappa shape index (κ2) is 7.71. The quantitative estimate of drug-likeness (QED) is 0.564. The minimum absolute atomic E-state index is 0.0980.